The van der Waals surface area contributed by atoms with Gasteiger partial charge in [-0.05, 0) is 86.8 Å². The maximum absolute atomic E-state index is 14.5. The molecule has 0 unspecified atom stereocenters. The Morgan fingerprint density at radius 1 is 0.371 bits per heavy atom. The summed E-state index contributed by atoms with van der Waals surface area (Å²) in [5.41, 5.74) is 7.34. The number of alkyl halides is 4. The van der Waals surface area contributed by atoms with Crippen LogP contribution in [0.1, 0.15) is 70.8 Å². The first kappa shape index (κ1) is 86.9. The summed E-state index contributed by atoms with van der Waals surface area (Å²) in [4.78, 5) is 26.5. The predicted molar refractivity (Wildman–Crippen MR) is 433 cm³/mol. The van der Waals surface area contributed by atoms with Gasteiger partial charge in [0.05, 0.1) is 79.3 Å². The number of carbonyl (C=O) groups excluding carboxylic acids is 2. The van der Waals surface area contributed by atoms with Gasteiger partial charge in [0.15, 0.2) is 33.3 Å². The number of halogens is 4. The SMILES string of the molecule is CC(C)(C)[Si](C)(C)OC[C@H]1O[C@H](OCCc2ccc(NC(=O)C(F)(F)F)cc2)[C@H](OCc2ccccc2)[C@@H](O[C@@H]2O[C@H](COCc3ccccc3)[C@@H](OCc3ccccc3)[C@H](OCc3ccccc3)[C@H]2OCc2ccccc2)[C@@H]1O[C@@H]1O[C@H](COCc2ccccc2)[C@@H](OCc2ccccc2)[C@H](OCc2ccccc2)[C@H]1OC(=O)CCl. The summed E-state index contributed by atoms with van der Waals surface area (Å²) in [6.07, 6.45) is -23.6. The average Bonchev–Trinajstić information content (AvgIpc) is 0.754. The second-order valence-electron chi connectivity index (χ2n) is 30.3. The lowest BCUT2D eigenvalue weighted by atomic mass is 9.95. The number of anilines is 1. The predicted octanol–water partition coefficient (Wildman–Crippen LogP) is 16.8. The molecule has 0 bridgehead atoms. The number of nitrogens with one attached hydrogen (secondary N) is 1. The van der Waals surface area contributed by atoms with E-state index in [1.54, 1.807) is 12.1 Å². The molecule has 24 heteroatoms. The average molecular weight is 1630 g/mol. The molecule has 9 aromatic carbocycles. The number of hydrogen-bond donors (Lipinski definition) is 1. The molecule has 0 aromatic heterocycles. The van der Waals surface area contributed by atoms with E-state index in [0.29, 0.717) is 5.56 Å². The van der Waals surface area contributed by atoms with Gasteiger partial charge in [-0.3, -0.25) is 9.59 Å². The van der Waals surface area contributed by atoms with Crippen LogP contribution >= 0.6 is 11.6 Å². The topological polar surface area (TPSA) is 194 Å². The van der Waals surface area contributed by atoms with Gasteiger partial charge in [0.25, 0.3) is 0 Å². The number of carbonyl (C=O) groups is 2. The van der Waals surface area contributed by atoms with Crippen molar-refractivity contribution < 1.29 is 98.2 Å². The molecule has 0 radical (unpaired) electrons. The summed E-state index contributed by atoms with van der Waals surface area (Å²) < 4.78 is 157. The summed E-state index contributed by atoms with van der Waals surface area (Å²) in [6, 6.07) is 83.4. The monoisotopic (exact) mass is 1630 g/mol. The molecule has 1 amide bonds. The van der Waals surface area contributed by atoms with E-state index < -0.39 is 124 Å². The summed E-state index contributed by atoms with van der Waals surface area (Å²) in [6.45, 7) is 10.9. The molecule has 3 aliphatic heterocycles. The molecule has 0 spiro atoms. The van der Waals surface area contributed by atoms with Crippen molar-refractivity contribution in [1.82, 2.24) is 0 Å². The highest BCUT2D eigenvalue weighted by Gasteiger charge is 2.59. The number of esters is 1. The van der Waals surface area contributed by atoms with Gasteiger partial charge in [0, 0.05) is 5.69 Å². The zero-order chi connectivity index (χ0) is 81.1. The van der Waals surface area contributed by atoms with Crippen molar-refractivity contribution in [2.75, 3.05) is 37.6 Å². The van der Waals surface area contributed by atoms with E-state index in [1.807, 2.05) is 248 Å². The molecule has 3 saturated heterocycles. The minimum atomic E-state index is -5.11. The fraction of sp³-hybridized carbons (Fsp3) is 0.391. The minimum absolute atomic E-state index is 0.00751. The Labute approximate surface area is 683 Å². The molecule has 15 atom stereocenters. The summed E-state index contributed by atoms with van der Waals surface area (Å²) in [5, 5.41) is 1.56. The molecule has 1 N–H and O–H groups in total. The molecule has 12 rings (SSSR count). The molecule has 0 aliphatic carbocycles. The molecule has 616 valence electrons. The summed E-state index contributed by atoms with van der Waals surface area (Å²) in [5.74, 6) is -3.51. The Bertz CT molecular complexity index is 4330. The van der Waals surface area contributed by atoms with Crippen LogP contribution in [-0.4, -0.2) is 151 Å². The van der Waals surface area contributed by atoms with Crippen LogP contribution in [0.25, 0.3) is 0 Å². The van der Waals surface area contributed by atoms with Crippen molar-refractivity contribution >= 4 is 37.5 Å². The molecule has 3 aliphatic rings. The summed E-state index contributed by atoms with van der Waals surface area (Å²) in [7, 11) is -2.80. The number of rotatable bonds is 40. The number of amides is 1. The van der Waals surface area contributed by atoms with Crippen LogP contribution in [0.15, 0.2) is 267 Å². The summed E-state index contributed by atoms with van der Waals surface area (Å²) >= 11 is 6.53. The van der Waals surface area contributed by atoms with Gasteiger partial charge >= 0.3 is 18.1 Å². The number of hydrogen-bond acceptors (Lipinski definition) is 18. The zero-order valence-electron chi connectivity index (χ0n) is 65.8. The van der Waals surface area contributed by atoms with Crippen LogP contribution in [0.2, 0.25) is 18.1 Å². The van der Waals surface area contributed by atoms with Crippen LogP contribution in [0.3, 0.4) is 0 Å². The highest BCUT2D eigenvalue weighted by Crippen LogP contribution is 2.42. The second kappa shape index (κ2) is 43.4. The van der Waals surface area contributed by atoms with Crippen molar-refractivity contribution in [2.45, 2.75) is 196 Å². The first-order chi connectivity index (χ1) is 56.3. The van der Waals surface area contributed by atoms with Crippen LogP contribution in [0, 0.1) is 0 Å². The van der Waals surface area contributed by atoms with Gasteiger partial charge in [-0.1, -0.05) is 276 Å². The van der Waals surface area contributed by atoms with E-state index in [4.69, 9.17) is 87.1 Å². The number of benzene rings is 9. The molecule has 19 nitrogen and oxygen atoms in total. The van der Waals surface area contributed by atoms with Gasteiger partial charge in [-0.15, -0.1) is 11.6 Å². The van der Waals surface area contributed by atoms with E-state index >= 15 is 0 Å². The smallest absolute Gasteiger partial charge is 0.453 e. The Morgan fingerprint density at radius 2 is 0.690 bits per heavy atom. The number of ether oxygens (including phenoxy) is 15. The lowest BCUT2D eigenvalue weighted by molar-refractivity contribution is -0.397. The van der Waals surface area contributed by atoms with E-state index in [2.05, 4.69) is 33.9 Å². The Kier molecular flexibility index (Phi) is 32.5. The molecule has 0 saturated carbocycles. The lowest BCUT2D eigenvalue weighted by Gasteiger charge is -2.52. The van der Waals surface area contributed by atoms with Crippen molar-refractivity contribution in [3.05, 3.63) is 317 Å². The molecule has 9 aromatic rings. The quantitative estimate of drug-likeness (QED) is 0.0216. The Hall–Kier alpha value is -8.38. The molecular weight excluding hydrogens is 1530 g/mol. The standard InChI is InChI=1S/C92H103ClF3NO18Si/c1-91(2,3)116(4,5)109-63-76-80(114-89-86(113-77(98)52-93)82(106-58-70-40-24-11-25-41-70)79(104-56-68-36-20-9-21-37-68)75(112-89)62-101-54-66-32-16-7-17-33-66)83(85(108-60-72-44-28-13-29-45-72)87(110-76)102-51-50-64-46-48-73(49-47-64)97-90(99)92(94,95)96)115-88-84(107-59-71-42-26-12-27-43-71)81(105-57-69-38-22-10-23-39-69)78(103-55-67-34-18-8-19-35-67)74(111-88)61-100-53-65-30-14-6-15-31-65/h6-49,74-76,78-89H,50-63H2,1-5H3,(H,97,99)/t74-,75-,76-,78-,79-,80-,81+,82+,83+,84-,85-,86-,87+,88+,89+/m1/s1. The third kappa shape index (κ3) is 25.6. The highest BCUT2D eigenvalue weighted by atomic mass is 35.5. The van der Waals surface area contributed by atoms with Crippen molar-refractivity contribution in [3.8, 4) is 0 Å². The third-order valence-corrected chi connectivity index (χ3v) is 25.5. The van der Waals surface area contributed by atoms with Gasteiger partial charge < -0.3 is 80.8 Å². The van der Waals surface area contributed by atoms with E-state index in [0.717, 1.165) is 44.5 Å². The fourth-order valence-corrected chi connectivity index (χ4v) is 14.6. The van der Waals surface area contributed by atoms with Crippen LogP contribution in [0.4, 0.5) is 18.9 Å². The zero-order valence-corrected chi connectivity index (χ0v) is 67.6. The molecule has 116 heavy (non-hydrogen) atoms. The van der Waals surface area contributed by atoms with Crippen molar-refractivity contribution in [3.63, 3.8) is 0 Å². The van der Waals surface area contributed by atoms with E-state index in [1.165, 1.54) is 12.1 Å². The molecular formula is C92H103ClF3NO18Si. The lowest BCUT2D eigenvalue weighted by Crippen LogP contribution is -2.69. The van der Waals surface area contributed by atoms with Gasteiger partial charge in [-0.25, -0.2) is 0 Å². The van der Waals surface area contributed by atoms with Crippen LogP contribution < -0.4 is 5.32 Å². The maximum atomic E-state index is 14.5. The normalized spacial score (nSPS) is 23.8. The van der Waals surface area contributed by atoms with Crippen molar-refractivity contribution in [2.24, 2.45) is 0 Å². The third-order valence-electron chi connectivity index (χ3n) is 20.8. The van der Waals surface area contributed by atoms with E-state index in [9.17, 15) is 22.8 Å². The van der Waals surface area contributed by atoms with Gasteiger partial charge in [0.1, 0.15) is 73.0 Å². The maximum Gasteiger partial charge on any atom is 0.471 e. The highest BCUT2D eigenvalue weighted by molar-refractivity contribution is 6.74. The molecule has 3 heterocycles. The largest absolute Gasteiger partial charge is 0.471 e. The first-order valence-electron chi connectivity index (χ1n) is 39.2. The minimum Gasteiger partial charge on any atom is -0.453 e. The van der Waals surface area contributed by atoms with Gasteiger partial charge in [-0.2, -0.15) is 13.2 Å². The Morgan fingerprint density at radius 3 is 1.06 bits per heavy atom. The first-order valence-corrected chi connectivity index (χ1v) is 42.7. The van der Waals surface area contributed by atoms with E-state index in [-0.39, 0.29) is 96.4 Å². The van der Waals surface area contributed by atoms with Crippen LogP contribution in [-0.2, 0) is 144 Å². The Balaban J connectivity index is 1.03. The fourth-order valence-electron chi connectivity index (χ4n) is 13.6. The second-order valence-corrected chi connectivity index (χ2v) is 35.4. The van der Waals surface area contributed by atoms with Crippen molar-refractivity contribution in [1.29, 1.82) is 0 Å². The van der Waals surface area contributed by atoms with Crippen LogP contribution in [0.5, 0.6) is 0 Å². The molecule has 3 fully saturated rings. The van der Waals surface area contributed by atoms with Gasteiger partial charge in [0.2, 0.25) is 0 Å².